The minimum atomic E-state index is -0.0478. The van der Waals surface area contributed by atoms with E-state index in [1.54, 1.807) is 24.3 Å². The smallest absolute Gasteiger partial charge is 0.289 e. The maximum atomic E-state index is 11.9. The molecule has 0 fully saturated rings. The first-order chi connectivity index (χ1) is 7.66. The van der Waals surface area contributed by atoms with Crippen LogP contribution in [-0.4, -0.2) is 30.3 Å². The average molecular weight is 244 g/mol. The van der Waals surface area contributed by atoms with Crippen LogP contribution in [0.4, 0.5) is 0 Å². The lowest BCUT2D eigenvalue weighted by atomic mass is 10.2. The second-order valence-corrected chi connectivity index (χ2v) is 4.29. The van der Waals surface area contributed by atoms with Crippen LogP contribution in [0.3, 0.4) is 0 Å². The van der Waals surface area contributed by atoms with Gasteiger partial charge in [0.05, 0.1) is 6.26 Å². The second kappa shape index (κ2) is 6.59. The summed E-state index contributed by atoms with van der Waals surface area (Å²) in [6.45, 7) is 2.62. The van der Waals surface area contributed by atoms with Gasteiger partial charge in [0.1, 0.15) is 0 Å². The molecule has 0 aliphatic heterocycles. The highest BCUT2D eigenvalue weighted by Crippen LogP contribution is 2.11. The Balaban J connectivity index is 2.40. The number of carbonyl (C=O) groups is 1. The summed E-state index contributed by atoms with van der Waals surface area (Å²) in [5, 5.41) is 0. The van der Waals surface area contributed by atoms with Crippen molar-refractivity contribution in [1.82, 2.24) is 4.90 Å². The minimum Gasteiger partial charge on any atom is -0.459 e. The SMILES string of the molecule is Cc1ccoc1C(=O)N(C)CCCCCCl. The third kappa shape index (κ3) is 3.56. The van der Waals surface area contributed by atoms with E-state index in [0.29, 0.717) is 11.6 Å². The van der Waals surface area contributed by atoms with Crippen molar-refractivity contribution in [1.29, 1.82) is 0 Å². The lowest BCUT2D eigenvalue weighted by Gasteiger charge is -2.15. The van der Waals surface area contributed by atoms with Gasteiger partial charge in [0.2, 0.25) is 0 Å². The van der Waals surface area contributed by atoms with E-state index < -0.39 is 0 Å². The van der Waals surface area contributed by atoms with Gasteiger partial charge in [0.25, 0.3) is 5.91 Å². The molecule has 1 aromatic heterocycles. The number of amides is 1. The van der Waals surface area contributed by atoms with E-state index in [4.69, 9.17) is 16.0 Å². The number of nitrogens with zero attached hydrogens (tertiary/aromatic N) is 1. The Morgan fingerprint density at radius 3 is 2.75 bits per heavy atom. The van der Waals surface area contributed by atoms with Crippen LogP contribution in [0.25, 0.3) is 0 Å². The van der Waals surface area contributed by atoms with Crippen molar-refractivity contribution in [2.45, 2.75) is 26.2 Å². The topological polar surface area (TPSA) is 33.5 Å². The van der Waals surface area contributed by atoms with E-state index >= 15 is 0 Å². The summed E-state index contributed by atoms with van der Waals surface area (Å²) in [7, 11) is 1.80. The summed E-state index contributed by atoms with van der Waals surface area (Å²) in [6.07, 6.45) is 4.58. The van der Waals surface area contributed by atoms with Gasteiger partial charge in [-0.05, 0) is 25.8 Å². The van der Waals surface area contributed by atoms with Crippen LogP contribution in [0.2, 0.25) is 0 Å². The number of hydrogen-bond acceptors (Lipinski definition) is 2. The summed E-state index contributed by atoms with van der Waals surface area (Å²) in [4.78, 5) is 13.6. The van der Waals surface area contributed by atoms with E-state index in [0.717, 1.165) is 31.4 Å². The molecular weight excluding hydrogens is 226 g/mol. The van der Waals surface area contributed by atoms with Crippen LogP contribution in [0.1, 0.15) is 35.4 Å². The lowest BCUT2D eigenvalue weighted by Crippen LogP contribution is -2.27. The van der Waals surface area contributed by atoms with Gasteiger partial charge in [-0.25, -0.2) is 0 Å². The molecule has 1 amide bonds. The predicted molar refractivity (Wildman–Crippen MR) is 65.0 cm³/mol. The van der Waals surface area contributed by atoms with Crippen molar-refractivity contribution >= 4 is 17.5 Å². The van der Waals surface area contributed by atoms with E-state index in [2.05, 4.69) is 0 Å². The number of unbranched alkanes of at least 4 members (excludes halogenated alkanes) is 2. The first kappa shape index (κ1) is 13.1. The molecule has 0 bridgehead atoms. The monoisotopic (exact) mass is 243 g/mol. The number of alkyl halides is 1. The van der Waals surface area contributed by atoms with Crippen molar-refractivity contribution < 1.29 is 9.21 Å². The molecule has 0 N–H and O–H groups in total. The van der Waals surface area contributed by atoms with Crippen molar-refractivity contribution in [3.05, 3.63) is 23.7 Å². The summed E-state index contributed by atoms with van der Waals surface area (Å²) >= 11 is 5.59. The molecule has 1 rings (SSSR count). The summed E-state index contributed by atoms with van der Waals surface area (Å²) in [5.74, 6) is 1.09. The van der Waals surface area contributed by atoms with Gasteiger partial charge in [0, 0.05) is 25.0 Å². The van der Waals surface area contributed by atoms with Gasteiger partial charge in [-0.1, -0.05) is 6.42 Å². The Bertz CT molecular complexity index is 336. The molecule has 16 heavy (non-hydrogen) atoms. The average Bonchev–Trinajstić information content (AvgIpc) is 2.69. The third-order valence-corrected chi connectivity index (χ3v) is 2.80. The first-order valence-electron chi connectivity index (χ1n) is 5.52. The number of carbonyl (C=O) groups excluding carboxylic acids is 1. The van der Waals surface area contributed by atoms with Crippen LogP contribution in [0.15, 0.2) is 16.7 Å². The fourth-order valence-electron chi connectivity index (χ4n) is 1.49. The van der Waals surface area contributed by atoms with E-state index in [9.17, 15) is 4.79 Å². The Hall–Kier alpha value is -0.960. The maximum Gasteiger partial charge on any atom is 0.289 e. The third-order valence-electron chi connectivity index (χ3n) is 2.53. The Labute approximate surface area is 101 Å². The standard InChI is InChI=1S/C12H18ClNO2/c1-10-6-9-16-11(10)12(15)14(2)8-5-3-4-7-13/h6,9H,3-5,7-8H2,1-2H3. The van der Waals surface area contributed by atoms with Crippen molar-refractivity contribution in [3.8, 4) is 0 Å². The molecule has 0 atom stereocenters. The highest BCUT2D eigenvalue weighted by atomic mass is 35.5. The molecule has 0 aromatic carbocycles. The summed E-state index contributed by atoms with van der Waals surface area (Å²) in [6, 6.07) is 1.80. The quantitative estimate of drug-likeness (QED) is 0.568. The highest BCUT2D eigenvalue weighted by Gasteiger charge is 2.16. The second-order valence-electron chi connectivity index (χ2n) is 3.91. The van der Waals surface area contributed by atoms with Crippen LogP contribution >= 0.6 is 11.6 Å². The van der Waals surface area contributed by atoms with Gasteiger partial charge in [-0.3, -0.25) is 4.79 Å². The number of hydrogen-bond donors (Lipinski definition) is 0. The molecule has 0 aliphatic carbocycles. The van der Waals surface area contributed by atoms with E-state index in [-0.39, 0.29) is 5.91 Å². The molecule has 0 saturated carbocycles. The fraction of sp³-hybridized carbons (Fsp3) is 0.583. The number of furan rings is 1. The molecule has 3 nitrogen and oxygen atoms in total. The largest absolute Gasteiger partial charge is 0.459 e. The lowest BCUT2D eigenvalue weighted by molar-refractivity contribution is 0.0760. The molecule has 0 saturated heterocycles. The predicted octanol–water partition coefficient (Wildman–Crippen LogP) is 3.07. The van der Waals surface area contributed by atoms with Crippen LogP contribution < -0.4 is 0 Å². The molecular formula is C12H18ClNO2. The molecule has 0 radical (unpaired) electrons. The molecule has 90 valence electrons. The first-order valence-corrected chi connectivity index (χ1v) is 6.05. The minimum absolute atomic E-state index is 0.0478. The number of rotatable bonds is 6. The molecule has 1 heterocycles. The molecule has 0 aliphatic rings. The van der Waals surface area contributed by atoms with Crippen molar-refractivity contribution in [2.24, 2.45) is 0 Å². The zero-order chi connectivity index (χ0) is 12.0. The molecule has 4 heteroatoms. The maximum absolute atomic E-state index is 11.9. The van der Waals surface area contributed by atoms with E-state index in [1.165, 1.54) is 0 Å². The zero-order valence-corrected chi connectivity index (χ0v) is 10.6. The summed E-state index contributed by atoms with van der Waals surface area (Å²) < 4.78 is 5.16. The Morgan fingerprint density at radius 2 is 2.19 bits per heavy atom. The van der Waals surface area contributed by atoms with Gasteiger partial charge in [0.15, 0.2) is 5.76 Å². The van der Waals surface area contributed by atoms with Gasteiger partial charge < -0.3 is 9.32 Å². The van der Waals surface area contributed by atoms with Gasteiger partial charge in [-0.2, -0.15) is 0 Å². The Kier molecular flexibility index (Phi) is 5.39. The normalized spacial score (nSPS) is 10.4. The van der Waals surface area contributed by atoms with E-state index in [1.807, 2.05) is 6.92 Å². The van der Waals surface area contributed by atoms with Gasteiger partial charge in [-0.15, -0.1) is 11.6 Å². The Morgan fingerprint density at radius 1 is 1.44 bits per heavy atom. The summed E-state index contributed by atoms with van der Waals surface area (Å²) in [5.41, 5.74) is 0.887. The number of aryl methyl sites for hydroxylation is 1. The van der Waals surface area contributed by atoms with Crippen LogP contribution in [0, 0.1) is 6.92 Å². The van der Waals surface area contributed by atoms with Crippen molar-refractivity contribution in [2.75, 3.05) is 19.5 Å². The number of halogens is 1. The highest BCUT2D eigenvalue weighted by molar-refractivity contribution is 6.17. The molecule has 0 spiro atoms. The van der Waals surface area contributed by atoms with Gasteiger partial charge >= 0.3 is 0 Å². The zero-order valence-electron chi connectivity index (χ0n) is 9.83. The van der Waals surface area contributed by atoms with Crippen LogP contribution in [-0.2, 0) is 0 Å². The molecule has 1 aromatic rings. The van der Waals surface area contributed by atoms with Crippen LogP contribution in [0.5, 0.6) is 0 Å². The van der Waals surface area contributed by atoms with Crippen molar-refractivity contribution in [3.63, 3.8) is 0 Å². The molecule has 0 unspecified atom stereocenters. The fourth-order valence-corrected chi connectivity index (χ4v) is 1.68.